The highest BCUT2D eigenvalue weighted by Crippen LogP contribution is 2.39. The summed E-state index contributed by atoms with van der Waals surface area (Å²) in [7, 11) is 3.99. The maximum Gasteiger partial charge on any atom is 0.340 e. The summed E-state index contributed by atoms with van der Waals surface area (Å²) in [5.74, 6) is -0.236. The highest BCUT2D eigenvalue weighted by atomic mass is 16.5. The number of phenols is 1. The van der Waals surface area contributed by atoms with Crippen LogP contribution in [0.25, 0.3) is 22.2 Å². The van der Waals surface area contributed by atoms with Gasteiger partial charge in [0.2, 0.25) is 0 Å². The topological polar surface area (TPSA) is 82.2 Å². The number of benzene rings is 2. The molecular weight excluding hydrogens is 396 g/mol. The fourth-order valence-electron chi connectivity index (χ4n) is 3.91. The number of fused-ring (bicyclic) bond motifs is 1. The fourth-order valence-corrected chi connectivity index (χ4v) is 3.91. The second-order valence-corrected chi connectivity index (χ2v) is 7.65. The Morgan fingerprint density at radius 2 is 1.74 bits per heavy atom. The van der Waals surface area contributed by atoms with E-state index in [2.05, 4.69) is 4.57 Å². The number of hydrogen-bond acceptors (Lipinski definition) is 5. The number of phenolic OH excluding ortho intramolecular Hbond substituents is 1. The van der Waals surface area contributed by atoms with Crippen molar-refractivity contribution < 1.29 is 29.1 Å². The minimum absolute atomic E-state index is 0.157. The van der Waals surface area contributed by atoms with Crippen molar-refractivity contribution in [2.24, 2.45) is 0 Å². The molecule has 1 aromatic heterocycles. The van der Waals surface area contributed by atoms with Crippen molar-refractivity contribution in [3.8, 4) is 22.8 Å². The van der Waals surface area contributed by atoms with Crippen LogP contribution in [0.1, 0.15) is 36.7 Å². The summed E-state index contributed by atoms with van der Waals surface area (Å²) in [5, 5.41) is 11.3. The summed E-state index contributed by atoms with van der Waals surface area (Å²) < 4.78 is 12.6. The zero-order valence-corrected chi connectivity index (χ0v) is 18.6. The van der Waals surface area contributed by atoms with E-state index in [1.54, 1.807) is 25.1 Å². The molecule has 0 saturated carbocycles. The SMILES string of the molecule is CCOC(=O)c1c(-c2ccc(OC(C)=O)cc2)n(CC)c2ccc(O)c(C[NH+](C)C)c12. The van der Waals surface area contributed by atoms with E-state index in [4.69, 9.17) is 9.47 Å². The predicted molar refractivity (Wildman–Crippen MR) is 118 cm³/mol. The summed E-state index contributed by atoms with van der Waals surface area (Å²) in [6.45, 7) is 6.55. The zero-order valence-electron chi connectivity index (χ0n) is 18.6. The molecule has 0 fully saturated rings. The average molecular weight is 426 g/mol. The van der Waals surface area contributed by atoms with Crippen LogP contribution >= 0.6 is 0 Å². The molecule has 0 aliphatic rings. The number of nitrogens with zero attached hydrogens (tertiary/aromatic N) is 1. The van der Waals surface area contributed by atoms with Gasteiger partial charge in [-0.15, -0.1) is 0 Å². The van der Waals surface area contributed by atoms with Gasteiger partial charge < -0.3 is 24.0 Å². The molecular formula is C24H29N2O5+. The van der Waals surface area contributed by atoms with Crippen LogP contribution in [-0.2, 0) is 22.6 Å². The van der Waals surface area contributed by atoms with E-state index in [1.807, 2.05) is 39.2 Å². The lowest BCUT2D eigenvalue weighted by Gasteiger charge is -2.12. The maximum absolute atomic E-state index is 13.2. The third kappa shape index (κ3) is 4.41. The molecule has 0 aliphatic heterocycles. The van der Waals surface area contributed by atoms with Crippen molar-refractivity contribution in [3.63, 3.8) is 0 Å². The minimum atomic E-state index is -0.431. The standard InChI is InChI=1S/C24H28N2O5/c1-6-26-19-12-13-20(28)18(14-25(4)5)21(19)22(24(29)30-7-2)23(26)16-8-10-17(11-9-16)31-15(3)27/h8-13,28H,6-7,14H2,1-5H3/p+1. The third-order valence-corrected chi connectivity index (χ3v) is 5.03. The predicted octanol–water partition coefficient (Wildman–Crippen LogP) is 2.78. The number of rotatable bonds is 7. The Morgan fingerprint density at radius 1 is 1.06 bits per heavy atom. The first-order valence-electron chi connectivity index (χ1n) is 10.4. The van der Waals surface area contributed by atoms with E-state index in [0.29, 0.717) is 41.0 Å². The van der Waals surface area contributed by atoms with Crippen LogP contribution in [0.5, 0.6) is 11.5 Å². The Labute approximate surface area is 181 Å². The summed E-state index contributed by atoms with van der Waals surface area (Å²) in [5.41, 5.74) is 3.51. The molecule has 7 nitrogen and oxygen atoms in total. The van der Waals surface area contributed by atoms with Crippen LogP contribution in [0.4, 0.5) is 0 Å². The number of aromatic hydroxyl groups is 1. The average Bonchev–Trinajstić information content (AvgIpc) is 3.05. The van der Waals surface area contributed by atoms with E-state index in [-0.39, 0.29) is 12.4 Å². The minimum Gasteiger partial charge on any atom is -0.507 e. The van der Waals surface area contributed by atoms with Crippen molar-refractivity contribution in [1.82, 2.24) is 4.57 Å². The first-order chi connectivity index (χ1) is 14.8. The van der Waals surface area contributed by atoms with Crippen LogP contribution in [0.15, 0.2) is 36.4 Å². The lowest BCUT2D eigenvalue weighted by molar-refractivity contribution is -0.872. The van der Waals surface area contributed by atoms with Crippen molar-refractivity contribution in [2.45, 2.75) is 33.9 Å². The van der Waals surface area contributed by atoms with Gasteiger partial charge in [0.25, 0.3) is 0 Å². The van der Waals surface area contributed by atoms with Crippen LogP contribution in [0.3, 0.4) is 0 Å². The number of esters is 2. The first-order valence-corrected chi connectivity index (χ1v) is 10.4. The van der Waals surface area contributed by atoms with Crippen LogP contribution in [-0.4, -0.2) is 42.3 Å². The summed E-state index contributed by atoms with van der Waals surface area (Å²) in [6, 6.07) is 10.5. The third-order valence-electron chi connectivity index (χ3n) is 5.03. The van der Waals surface area contributed by atoms with Gasteiger partial charge in [-0.1, -0.05) is 0 Å². The molecule has 1 heterocycles. The Bertz CT molecular complexity index is 1110. The largest absolute Gasteiger partial charge is 0.507 e. The van der Waals surface area contributed by atoms with Crippen molar-refractivity contribution in [3.05, 3.63) is 47.5 Å². The highest BCUT2D eigenvalue weighted by molar-refractivity contribution is 6.12. The Balaban J connectivity index is 2.35. The molecule has 0 aliphatic carbocycles. The molecule has 0 amide bonds. The number of aryl methyl sites for hydroxylation is 1. The molecule has 0 bridgehead atoms. The van der Waals surface area contributed by atoms with Crippen LogP contribution in [0, 0.1) is 0 Å². The Kier molecular flexibility index (Phi) is 6.65. The van der Waals surface area contributed by atoms with Gasteiger partial charge in [-0.2, -0.15) is 0 Å². The number of aromatic nitrogens is 1. The Hall–Kier alpha value is -3.32. The molecule has 0 saturated heterocycles. The summed E-state index contributed by atoms with van der Waals surface area (Å²) >= 11 is 0. The van der Waals surface area contributed by atoms with E-state index < -0.39 is 11.9 Å². The molecule has 31 heavy (non-hydrogen) atoms. The lowest BCUT2D eigenvalue weighted by atomic mass is 10.0. The summed E-state index contributed by atoms with van der Waals surface area (Å²) in [6.07, 6.45) is 0. The number of nitrogens with one attached hydrogen (secondary N) is 1. The smallest absolute Gasteiger partial charge is 0.340 e. The molecule has 7 heteroatoms. The number of hydrogen-bond donors (Lipinski definition) is 2. The molecule has 2 N–H and O–H groups in total. The molecule has 164 valence electrons. The second-order valence-electron chi connectivity index (χ2n) is 7.65. The van der Waals surface area contributed by atoms with Crippen molar-refractivity contribution in [2.75, 3.05) is 20.7 Å². The van der Waals surface area contributed by atoms with Gasteiger partial charge >= 0.3 is 11.9 Å². The van der Waals surface area contributed by atoms with Gasteiger partial charge in [-0.3, -0.25) is 4.79 Å². The first kappa shape index (κ1) is 22.4. The second kappa shape index (κ2) is 9.22. The molecule has 0 radical (unpaired) electrons. The number of carbonyl (C=O) groups is 2. The molecule has 3 aromatic rings. The van der Waals surface area contributed by atoms with Gasteiger partial charge in [0.05, 0.1) is 43.0 Å². The van der Waals surface area contributed by atoms with Gasteiger partial charge in [0.1, 0.15) is 18.0 Å². The van der Waals surface area contributed by atoms with E-state index >= 15 is 0 Å². The Morgan fingerprint density at radius 3 is 2.29 bits per heavy atom. The lowest BCUT2D eigenvalue weighted by Crippen LogP contribution is -3.04. The van der Waals surface area contributed by atoms with Crippen molar-refractivity contribution in [1.29, 1.82) is 0 Å². The number of carbonyl (C=O) groups excluding carboxylic acids is 2. The van der Waals surface area contributed by atoms with Gasteiger partial charge in [-0.25, -0.2) is 4.79 Å². The maximum atomic E-state index is 13.2. The quantitative estimate of drug-likeness (QED) is 0.449. The normalized spacial score (nSPS) is 11.2. The molecule has 0 atom stereocenters. The zero-order chi connectivity index (χ0) is 22.7. The van der Waals surface area contributed by atoms with Gasteiger partial charge in [-0.05, 0) is 55.8 Å². The van der Waals surface area contributed by atoms with E-state index in [1.165, 1.54) is 6.92 Å². The molecule has 0 spiro atoms. The molecule has 3 rings (SSSR count). The summed E-state index contributed by atoms with van der Waals surface area (Å²) in [4.78, 5) is 25.5. The van der Waals surface area contributed by atoms with Gasteiger partial charge in [0.15, 0.2) is 0 Å². The van der Waals surface area contributed by atoms with E-state index in [0.717, 1.165) is 16.0 Å². The monoisotopic (exact) mass is 425 g/mol. The molecule has 2 aromatic carbocycles. The number of ether oxygens (including phenoxy) is 2. The fraction of sp³-hybridized carbons (Fsp3) is 0.333. The highest BCUT2D eigenvalue weighted by Gasteiger charge is 2.28. The molecule has 0 unspecified atom stereocenters. The van der Waals surface area contributed by atoms with Gasteiger partial charge in [0, 0.05) is 18.9 Å². The van der Waals surface area contributed by atoms with Crippen LogP contribution < -0.4 is 9.64 Å². The number of quaternary nitrogens is 1. The van der Waals surface area contributed by atoms with Crippen LogP contribution in [0.2, 0.25) is 0 Å². The van der Waals surface area contributed by atoms with E-state index in [9.17, 15) is 14.7 Å². The van der Waals surface area contributed by atoms with Crippen molar-refractivity contribution >= 4 is 22.8 Å².